The van der Waals surface area contributed by atoms with Crippen molar-refractivity contribution in [1.82, 2.24) is 5.32 Å². The number of carbonyl (C=O) groups is 2. The van der Waals surface area contributed by atoms with Crippen molar-refractivity contribution in [2.45, 2.75) is 38.6 Å². The molecule has 6 heteroatoms. The fourth-order valence-electron chi connectivity index (χ4n) is 2.56. The van der Waals surface area contributed by atoms with Crippen molar-refractivity contribution >= 4 is 17.7 Å². The van der Waals surface area contributed by atoms with Gasteiger partial charge in [0, 0.05) is 6.04 Å². The lowest BCUT2D eigenvalue weighted by Gasteiger charge is -2.26. The van der Waals surface area contributed by atoms with E-state index >= 15 is 0 Å². The molecule has 21 heavy (non-hydrogen) atoms. The summed E-state index contributed by atoms with van der Waals surface area (Å²) >= 11 is 0. The molecule has 0 bridgehead atoms. The first-order valence-electron chi connectivity index (χ1n) is 7.02. The highest BCUT2D eigenvalue weighted by Gasteiger charge is 2.26. The van der Waals surface area contributed by atoms with E-state index in [9.17, 15) is 14.0 Å². The summed E-state index contributed by atoms with van der Waals surface area (Å²) in [7, 11) is 0. The van der Waals surface area contributed by atoms with E-state index in [2.05, 4.69) is 10.6 Å². The molecule has 1 aromatic carbocycles. The summed E-state index contributed by atoms with van der Waals surface area (Å²) < 4.78 is 13.5. The zero-order valence-electron chi connectivity index (χ0n) is 11.9. The molecular formula is C15H19FN2O3. The highest BCUT2D eigenvalue weighted by molar-refractivity contribution is 5.89. The maximum atomic E-state index is 13.5. The Labute approximate surface area is 122 Å². The third-order valence-corrected chi connectivity index (χ3v) is 3.78. The largest absolute Gasteiger partial charge is 0.481 e. The summed E-state index contributed by atoms with van der Waals surface area (Å²) in [5.74, 6) is -1.58. The van der Waals surface area contributed by atoms with Gasteiger partial charge in [0.25, 0.3) is 0 Å². The average Bonchev–Trinajstić information content (AvgIpc) is 2.43. The van der Waals surface area contributed by atoms with Crippen molar-refractivity contribution in [2.75, 3.05) is 5.32 Å². The monoisotopic (exact) mass is 294 g/mol. The first-order valence-corrected chi connectivity index (χ1v) is 7.02. The second-order valence-electron chi connectivity index (χ2n) is 5.47. The molecule has 1 aliphatic rings. The van der Waals surface area contributed by atoms with Crippen LogP contribution in [0, 0.1) is 18.7 Å². The van der Waals surface area contributed by atoms with Gasteiger partial charge in [-0.1, -0.05) is 6.07 Å². The molecule has 114 valence electrons. The second-order valence-corrected chi connectivity index (χ2v) is 5.47. The molecule has 1 aromatic rings. The highest BCUT2D eigenvalue weighted by atomic mass is 19.1. The quantitative estimate of drug-likeness (QED) is 0.802. The Balaban J connectivity index is 1.85. The van der Waals surface area contributed by atoms with E-state index in [1.165, 1.54) is 6.07 Å². The molecule has 3 N–H and O–H groups in total. The highest BCUT2D eigenvalue weighted by Crippen LogP contribution is 2.24. The molecular weight excluding hydrogens is 275 g/mol. The topological polar surface area (TPSA) is 78.4 Å². The van der Waals surface area contributed by atoms with Crippen LogP contribution in [-0.4, -0.2) is 23.1 Å². The molecule has 1 saturated carbocycles. The molecule has 0 unspecified atom stereocenters. The number of rotatable bonds is 3. The number of carboxylic acid groups (broad SMARTS) is 1. The standard InChI is InChI=1S/C15H19FN2O3/c1-9-2-7-12(16)13(8-9)18-15(21)17-11-5-3-10(4-6-11)14(19)20/h2,7-8,10-11H,3-6H2,1H3,(H,19,20)(H2,17,18,21). The summed E-state index contributed by atoms with van der Waals surface area (Å²) in [5.41, 5.74) is 1.00. The molecule has 2 rings (SSSR count). The average molecular weight is 294 g/mol. The normalized spacial score (nSPS) is 21.6. The van der Waals surface area contributed by atoms with Gasteiger partial charge in [-0.2, -0.15) is 0 Å². The number of halogens is 1. The number of aryl methyl sites for hydroxylation is 1. The second kappa shape index (κ2) is 6.56. The summed E-state index contributed by atoms with van der Waals surface area (Å²) in [6, 6.07) is 3.98. The van der Waals surface area contributed by atoms with E-state index in [1.54, 1.807) is 12.1 Å². The third kappa shape index (κ3) is 4.18. The van der Waals surface area contributed by atoms with Gasteiger partial charge in [0.15, 0.2) is 0 Å². The van der Waals surface area contributed by atoms with Gasteiger partial charge in [0.2, 0.25) is 0 Å². The Bertz CT molecular complexity index is 540. The lowest BCUT2D eigenvalue weighted by Crippen LogP contribution is -2.41. The van der Waals surface area contributed by atoms with Crippen LogP contribution in [-0.2, 0) is 4.79 Å². The maximum absolute atomic E-state index is 13.5. The summed E-state index contributed by atoms with van der Waals surface area (Å²) in [4.78, 5) is 22.7. The van der Waals surface area contributed by atoms with Gasteiger partial charge in [-0.25, -0.2) is 9.18 Å². The molecule has 1 aliphatic carbocycles. The number of carbonyl (C=O) groups excluding carboxylic acids is 1. The SMILES string of the molecule is Cc1ccc(F)c(NC(=O)NC2CCC(C(=O)O)CC2)c1. The first-order chi connectivity index (χ1) is 9.95. The fourth-order valence-corrected chi connectivity index (χ4v) is 2.56. The van der Waals surface area contributed by atoms with Gasteiger partial charge in [-0.15, -0.1) is 0 Å². The van der Waals surface area contributed by atoms with E-state index in [-0.39, 0.29) is 17.6 Å². The van der Waals surface area contributed by atoms with Gasteiger partial charge >= 0.3 is 12.0 Å². The van der Waals surface area contributed by atoms with Gasteiger partial charge in [-0.05, 0) is 50.3 Å². The number of benzene rings is 1. The molecule has 2 amide bonds. The van der Waals surface area contributed by atoms with E-state index in [1.807, 2.05) is 6.92 Å². The smallest absolute Gasteiger partial charge is 0.319 e. The number of carboxylic acids is 1. The van der Waals surface area contributed by atoms with E-state index in [0.717, 1.165) is 5.56 Å². The van der Waals surface area contributed by atoms with E-state index in [0.29, 0.717) is 25.7 Å². The minimum Gasteiger partial charge on any atom is -0.481 e. The van der Waals surface area contributed by atoms with Crippen molar-refractivity contribution < 1.29 is 19.1 Å². The van der Waals surface area contributed by atoms with Gasteiger partial charge in [0.1, 0.15) is 5.82 Å². The molecule has 0 saturated heterocycles. The van der Waals surface area contributed by atoms with Gasteiger partial charge in [0.05, 0.1) is 11.6 Å². The molecule has 1 fully saturated rings. The van der Waals surface area contributed by atoms with Crippen molar-refractivity contribution in [3.63, 3.8) is 0 Å². The number of anilines is 1. The number of amides is 2. The molecule has 0 atom stereocenters. The summed E-state index contributed by atoms with van der Waals surface area (Å²) in [5, 5.41) is 14.2. The Morgan fingerprint density at radius 3 is 2.52 bits per heavy atom. The van der Waals surface area contributed by atoms with Crippen LogP contribution in [0.15, 0.2) is 18.2 Å². The molecule has 0 radical (unpaired) electrons. The number of nitrogens with one attached hydrogen (secondary N) is 2. The number of hydrogen-bond acceptors (Lipinski definition) is 2. The van der Waals surface area contributed by atoms with Crippen molar-refractivity contribution in [3.8, 4) is 0 Å². The van der Waals surface area contributed by atoms with Gasteiger partial charge < -0.3 is 15.7 Å². The van der Waals surface area contributed by atoms with Gasteiger partial charge in [-0.3, -0.25) is 4.79 Å². The fraction of sp³-hybridized carbons (Fsp3) is 0.467. The Morgan fingerprint density at radius 1 is 1.24 bits per heavy atom. The molecule has 5 nitrogen and oxygen atoms in total. The zero-order chi connectivity index (χ0) is 15.4. The lowest BCUT2D eigenvalue weighted by atomic mass is 9.86. The van der Waals surface area contributed by atoms with Crippen molar-refractivity contribution in [1.29, 1.82) is 0 Å². The van der Waals surface area contributed by atoms with Crippen LogP contribution >= 0.6 is 0 Å². The minimum absolute atomic E-state index is 0.0616. The van der Waals surface area contributed by atoms with Crippen LogP contribution < -0.4 is 10.6 Å². The Hall–Kier alpha value is -2.11. The van der Waals surface area contributed by atoms with Crippen LogP contribution in [0.3, 0.4) is 0 Å². The molecule has 0 aromatic heterocycles. The predicted octanol–water partition coefficient (Wildman–Crippen LogP) is 2.90. The Morgan fingerprint density at radius 2 is 1.90 bits per heavy atom. The minimum atomic E-state index is -0.778. The molecule has 0 spiro atoms. The third-order valence-electron chi connectivity index (χ3n) is 3.78. The van der Waals surface area contributed by atoms with Crippen LogP contribution in [0.1, 0.15) is 31.2 Å². The van der Waals surface area contributed by atoms with Crippen LogP contribution in [0.4, 0.5) is 14.9 Å². The molecule has 0 heterocycles. The molecule has 0 aliphatic heterocycles. The van der Waals surface area contributed by atoms with Crippen LogP contribution in [0.5, 0.6) is 0 Å². The zero-order valence-corrected chi connectivity index (χ0v) is 11.9. The first kappa shape index (κ1) is 15.3. The van der Waals surface area contributed by atoms with Crippen molar-refractivity contribution in [2.24, 2.45) is 5.92 Å². The lowest BCUT2D eigenvalue weighted by molar-refractivity contribution is -0.142. The summed E-state index contributed by atoms with van der Waals surface area (Å²) in [6.07, 6.45) is 2.36. The Kier molecular flexibility index (Phi) is 4.77. The van der Waals surface area contributed by atoms with E-state index < -0.39 is 17.8 Å². The van der Waals surface area contributed by atoms with E-state index in [4.69, 9.17) is 5.11 Å². The number of aliphatic carboxylic acids is 1. The van der Waals surface area contributed by atoms with Crippen LogP contribution in [0.2, 0.25) is 0 Å². The predicted molar refractivity (Wildman–Crippen MR) is 76.7 cm³/mol. The van der Waals surface area contributed by atoms with Crippen LogP contribution in [0.25, 0.3) is 0 Å². The number of urea groups is 1. The summed E-state index contributed by atoms with van der Waals surface area (Å²) in [6.45, 7) is 1.82. The number of hydrogen-bond donors (Lipinski definition) is 3. The van der Waals surface area contributed by atoms with Crippen molar-refractivity contribution in [3.05, 3.63) is 29.6 Å². The maximum Gasteiger partial charge on any atom is 0.319 e.